The van der Waals surface area contributed by atoms with Crippen molar-refractivity contribution in [2.75, 3.05) is 29.2 Å². The number of para-hydroxylation sites is 1. The van der Waals surface area contributed by atoms with Crippen molar-refractivity contribution >= 4 is 27.3 Å². The molecule has 20 heavy (non-hydrogen) atoms. The Bertz CT molecular complexity index is 589. The topological polar surface area (TPSA) is 57.6 Å². The lowest BCUT2D eigenvalue weighted by molar-refractivity contribution is 0.199. The molecule has 4 nitrogen and oxygen atoms in total. The van der Waals surface area contributed by atoms with Gasteiger partial charge in [-0.25, -0.2) is 12.8 Å². The first-order valence-corrected chi connectivity index (χ1v) is 9.43. The molecule has 112 valence electrons. The third kappa shape index (κ3) is 3.10. The van der Waals surface area contributed by atoms with Crippen LogP contribution in [0.4, 0.5) is 10.1 Å². The number of aliphatic hydroxyl groups is 1. The standard InChI is InChI=1S/C13H18FNO3S2/c1-9(16)10-4-3-5-11(14)13(10)15-6-7-19-8-12(15)20(2,17)18/h3-5,9,12,16H,6-8H2,1-2H3/t9-,12?/m0/s1. The first-order chi connectivity index (χ1) is 9.32. The lowest BCUT2D eigenvalue weighted by Gasteiger charge is -2.37. The molecule has 7 heteroatoms. The summed E-state index contributed by atoms with van der Waals surface area (Å²) in [5.41, 5.74) is 0.628. The second-order valence-electron chi connectivity index (χ2n) is 4.91. The third-order valence-electron chi connectivity index (χ3n) is 3.33. The predicted octanol–water partition coefficient (Wildman–Crippen LogP) is 1.80. The van der Waals surface area contributed by atoms with Crippen LogP contribution in [0.25, 0.3) is 0 Å². The highest BCUT2D eigenvalue weighted by atomic mass is 32.2. The van der Waals surface area contributed by atoms with Crippen LogP contribution in [0.2, 0.25) is 0 Å². The molecule has 1 aliphatic rings. The number of halogens is 1. The van der Waals surface area contributed by atoms with Gasteiger partial charge in [-0.15, -0.1) is 0 Å². The summed E-state index contributed by atoms with van der Waals surface area (Å²) in [4.78, 5) is 1.57. The molecule has 0 amide bonds. The van der Waals surface area contributed by atoms with Crippen molar-refractivity contribution in [3.05, 3.63) is 29.6 Å². The van der Waals surface area contributed by atoms with Crippen molar-refractivity contribution in [3.63, 3.8) is 0 Å². The van der Waals surface area contributed by atoms with Crippen LogP contribution >= 0.6 is 11.8 Å². The Labute approximate surface area is 122 Å². The molecule has 1 saturated heterocycles. The molecule has 0 aromatic heterocycles. The van der Waals surface area contributed by atoms with E-state index in [4.69, 9.17) is 0 Å². The second kappa shape index (κ2) is 5.91. The molecule has 2 rings (SSSR count). The van der Waals surface area contributed by atoms with Gasteiger partial charge in [0.25, 0.3) is 0 Å². The summed E-state index contributed by atoms with van der Waals surface area (Å²) in [5.74, 6) is 0.649. The number of nitrogens with zero attached hydrogens (tertiary/aromatic N) is 1. The van der Waals surface area contributed by atoms with Crippen molar-refractivity contribution in [3.8, 4) is 0 Å². The molecule has 0 saturated carbocycles. The molecule has 1 aromatic rings. The van der Waals surface area contributed by atoms with Gasteiger partial charge in [0, 0.05) is 29.9 Å². The molecular formula is C13H18FNO3S2. The average Bonchev–Trinajstić information content (AvgIpc) is 2.37. The molecule has 2 atom stereocenters. The Kier molecular flexibility index (Phi) is 4.61. The number of anilines is 1. The molecule has 0 aliphatic carbocycles. The van der Waals surface area contributed by atoms with E-state index in [0.29, 0.717) is 17.9 Å². The zero-order chi connectivity index (χ0) is 14.9. The Morgan fingerprint density at radius 2 is 2.20 bits per heavy atom. The minimum atomic E-state index is -3.33. The van der Waals surface area contributed by atoms with E-state index in [-0.39, 0.29) is 5.69 Å². The zero-order valence-corrected chi connectivity index (χ0v) is 13.0. The van der Waals surface area contributed by atoms with E-state index in [9.17, 15) is 17.9 Å². The Hall–Kier alpha value is -0.790. The van der Waals surface area contributed by atoms with Crippen LogP contribution in [0, 0.1) is 5.82 Å². The van der Waals surface area contributed by atoms with Gasteiger partial charge in [-0.3, -0.25) is 0 Å². The Morgan fingerprint density at radius 3 is 2.80 bits per heavy atom. The Balaban J connectivity index is 2.53. The normalized spacial score (nSPS) is 21.8. The molecule has 1 N–H and O–H groups in total. The van der Waals surface area contributed by atoms with Gasteiger partial charge in [0.2, 0.25) is 0 Å². The largest absolute Gasteiger partial charge is 0.389 e. The van der Waals surface area contributed by atoms with Gasteiger partial charge >= 0.3 is 0 Å². The van der Waals surface area contributed by atoms with Crippen LogP contribution in [0.1, 0.15) is 18.6 Å². The SMILES string of the molecule is C[C@H](O)c1cccc(F)c1N1CCSCC1S(C)(=O)=O. The first kappa shape index (κ1) is 15.6. The van der Waals surface area contributed by atoms with Crippen molar-refractivity contribution in [1.29, 1.82) is 0 Å². The first-order valence-electron chi connectivity index (χ1n) is 6.32. The van der Waals surface area contributed by atoms with Crippen molar-refractivity contribution in [2.45, 2.75) is 18.4 Å². The van der Waals surface area contributed by atoms with Crippen LogP contribution in [0.5, 0.6) is 0 Å². The number of thioether (sulfide) groups is 1. The van der Waals surface area contributed by atoms with Gasteiger partial charge in [-0.1, -0.05) is 12.1 Å². The van der Waals surface area contributed by atoms with Crippen LogP contribution in [0.15, 0.2) is 18.2 Å². The van der Waals surface area contributed by atoms with Crippen molar-refractivity contribution in [1.82, 2.24) is 0 Å². The van der Waals surface area contributed by atoms with E-state index in [1.54, 1.807) is 29.7 Å². The number of benzene rings is 1. The van der Waals surface area contributed by atoms with Crippen LogP contribution in [-0.2, 0) is 9.84 Å². The minimum Gasteiger partial charge on any atom is -0.389 e. The molecule has 1 fully saturated rings. The maximum Gasteiger partial charge on any atom is 0.169 e. The fraction of sp³-hybridized carbons (Fsp3) is 0.538. The number of hydrogen-bond acceptors (Lipinski definition) is 5. The van der Waals surface area contributed by atoms with Crippen LogP contribution in [0.3, 0.4) is 0 Å². The minimum absolute atomic E-state index is 0.207. The summed E-state index contributed by atoms with van der Waals surface area (Å²) in [6, 6.07) is 4.45. The zero-order valence-electron chi connectivity index (χ0n) is 11.4. The molecule has 0 spiro atoms. The highest BCUT2D eigenvalue weighted by molar-refractivity contribution is 8.01. The van der Waals surface area contributed by atoms with Gasteiger partial charge in [0.05, 0.1) is 11.8 Å². The molecule has 1 aromatic carbocycles. The summed E-state index contributed by atoms with van der Waals surface area (Å²) in [6.45, 7) is 2.00. The van der Waals surface area contributed by atoms with E-state index in [1.807, 2.05) is 0 Å². The highest BCUT2D eigenvalue weighted by Crippen LogP contribution is 2.34. The van der Waals surface area contributed by atoms with Crippen molar-refractivity contribution in [2.24, 2.45) is 0 Å². The fourth-order valence-electron chi connectivity index (χ4n) is 2.36. The summed E-state index contributed by atoms with van der Waals surface area (Å²) in [6.07, 6.45) is 0.315. The quantitative estimate of drug-likeness (QED) is 0.921. The number of sulfone groups is 1. The maximum absolute atomic E-state index is 14.2. The monoisotopic (exact) mass is 319 g/mol. The van der Waals surface area contributed by atoms with Gasteiger partial charge in [-0.05, 0) is 13.0 Å². The summed E-state index contributed by atoms with van der Waals surface area (Å²) in [5, 5.41) is 9.05. The smallest absolute Gasteiger partial charge is 0.169 e. The second-order valence-corrected chi connectivity index (χ2v) is 8.26. The molecular weight excluding hydrogens is 301 g/mol. The summed E-state index contributed by atoms with van der Waals surface area (Å²) >= 11 is 1.54. The highest BCUT2D eigenvalue weighted by Gasteiger charge is 2.34. The van der Waals surface area contributed by atoms with E-state index in [1.165, 1.54) is 18.4 Å². The van der Waals surface area contributed by atoms with Crippen molar-refractivity contribution < 1.29 is 17.9 Å². The number of rotatable bonds is 3. The fourth-order valence-corrected chi connectivity index (χ4v) is 5.19. The third-order valence-corrected chi connectivity index (χ3v) is 5.98. The van der Waals surface area contributed by atoms with Crippen LogP contribution in [-0.4, -0.2) is 43.2 Å². The molecule has 1 heterocycles. The summed E-state index contributed by atoms with van der Waals surface area (Å²) in [7, 11) is -3.33. The lowest BCUT2D eigenvalue weighted by Crippen LogP contribution is -2.47. The van der Waals surface area contributed by atoms with Gasteiger partial charge in [0.15, 0.2) is 9.84 Å². The van der Waals surface area contributed by atoms with E-state index in [2.05, 4.69) is 0 Å². The van der Waals surface area contributed by atoms with E-state index >= 15 is 0 Å². The maximum atomic E-state index is 14.2. The van der Waals surface area contributed by atoms with E-state index in [0.717, 1.165) is 5.75 Å². The number of aliphatic hydroxyl groups excluding tert-OH is 1. The summed E-state index contributed by atoms with van der Waals surface area (Å²) < 4.78 is 38.0. The number of hydrogen-bond donors (Lipinski definition) is 1. The molecule has 0 bridgehead atoms. The van der Waals surface area contributed by atoms with Gasteiger partial charge in [0.1, 0.15) is 11.2 Å². The van der Waals surface area contributed by atoms with Gasteiger partial charge < -0.3 is 10.0 Å². The predicted molar refractivity (Wildman–Crippen MR) is 80.3 cm³/mol. The Morgan fingerprint density at radius 1 is 1.50 bits per heavy atom. The molecule has 1 aliphatic heterocycles. The lowest BCUT2D eigenvalue weighted by atomic mass is 10.1. The molecule has 0 radical (unpaired) electrons. The van der Waals surface area contributed by atoms with E-state index < -0.39 is 27.1 Å². The van der Waals surface area contributed by atoms with Crippen LogP contribution < -0.4 is 4.90 Å². The average molecular weight is 319 g/mol. The molecule has 1 unspecified atom stereocenters. The van der Waals surface area contributed by atoms with Gasteiger partial charge in [-0.2, -0.15) is 11.8 Å².